The lowest BCUT2D eigenvalue weighted by Crippen LogP contribution is -2.29. The van der Waals surface area contributed by atoms with Gasteiger partial charge in [-0.3, -0.25) is 19.4 Å². The predicted molar refractivity (Wildman–Crippen MR) is 85.6 cm³/mol. The molecular formula is C16H19FN2O5. The van der Waals surface area contributed by atoms with Gasteiger partial charge >= 0.3 is 11.9 Å². The zero-order valence-corrected chi connectivity index (χ0v) is 13.7. The van der Waals surface area contributed by atoms with E-state index in [1.165, 1.54) is 19.1 Å². The predicted octanol–water partition coefficient (Wildman–Crippen LogP) is 2.23. The molecule has 1 N–H and O–H groups in total. The van der Waals surface area contributed by atoms with E-state index in [0.29, 0.717) is 5.69 Å². The van der Waals surface area contributed by atoms with E-state index < -0.39 is 23.7 Å². The number of esters is 2. The summed E-state index contributed by atoms with van der Waals surface area (Å²) in [6.45, 7) is 4.65. The number of amides is 1. The molecule has 0 aromatic heterocycles. The van der Waals surface area contributed by atoms with Crippen molar-refractivity contribution in [3.63, 3.8) is 0 Å². The van der Waals surface area contributed by atoms with E-state index in [1.54, 1.807) is 13.8 Å². The number of hydrogen-bond donors (Lipinski definition) is 1. The van der Waals surface area contributed by atoms with Gasteiger partial charge in [0.15, 0.2) is 5.92 Å². The molecule has 0 radical (unpaired) electrons. The summed E-state index contributed by atoms with van der Waals surface area (Å²) in [5.74, 6) is -4.07. The minimum Gasteiger partial charge on any atom is -0.465 e. The van der Waals surface area contributed by atoms with Crippen LogP contribution >= 0.6 is 0 Å². The smallest absolute Gasteiger partial charge is 0.325 e. The molecule has 1 aromatic carbocycles. The molecule has 0 atom stereocenters. The summed E-state index contributed by atoms with van der Waals surface area (Å²) < 4.78 is 23.4. The van der Waals surface area contributed by atoms with E-state index in [1.807, 2.05) is 0 Å². The number of carbonyl (C=O) groups excluding carboxylic acids is 3. The molecule has 8 heteroatoms. The van der Waals surface area contributed by atoms with Crippen molar-refractivity contribution >= 4 is 35.4 Å². The number of ether oxygens (including phenoxy) is 2. The van der Waals surface area contributed by atoms with Crippen molar-refractivity contribution < 1.29 is 28.2 Å². The van der Waals surface area contributed by atoms with Crippen LogP contribution < -0.4 is 5.32 Å². The van der Waals surface area contributed by atoms with E-state index in [2.05, 4.69) is 10.3 Å². The van der Waals surface area contributed by atoms with Gasteiger partial charge in [-0.2, -0.15) is 0 Å². The molecule has 0 aliphatic rings. The minimum atomic E-state index is -1.39. The summed E-state index contributed by atoms with van der Waals surface area (Å²) in [4.78, 5) is 38.5. The largest absolute Gasteiger partial charge is 0.465 e. The van der Waals surface area contributed by atoms with Crippen LogP contribution in [0.15, 0.2) is 23.2 Å². The van der Waals surface area contributed by atoms with Gasteiger partial charge in [0.25, 0.3) is 0 Å². The molecule has 0 saturated carbocycles. The molecule has 0 heterocycles. The zero-order valence-electron chi connectivity index (χ0n) is 13.7. The van der Waals surface area contributed by atoms with Crippen LogP contribution in [0.1, 0.15) is 20.8 Å². The first kappa shape index (κ1) is 19.3. The topological polar surface area (TPSA) is 94.1 Å². The molecule has 0 unspecified atom stereocenters. The number of anilines is 1. The highest BCUT2D eigenvalue weighted by molar-refractivity contribution is 6.09. The average molecular weight is 338 g/mol. The average Bonchev–Trinajstić information content (AvgIpc) is 2.50. The van der Waals surface area contributed by atoms with Crippen LogP contribution in [0.3, 0.4) is 0 Å². The first-order valence-electron chi connectivity index (χ1n) is 7.33. The molecule has 130 valence electrons. The lowest BCUT2D eigenvalue weighted by Gasteiger charge is -2.10. The highest BCUT2D eigenvalue weighted by Crippen LogP contribution is 2.22. The maximum Gasteiger partial charge on any atom is 0.325 e. The van der Waals surface area contributed by atoms with Crippen molar-refractivity contribution in [3.8, 4) is 0 Å². The maximum absolute atomic E-state index is 13.8. The first-order chi connectivity index (χ1) is 11.4. The number of hydrogen-bond acceptors (Lipinski definition) is 6. The second kappa shape index (κ2) is 9.39. The third-order valence-electron chi connectivity index (χ3n) is 2.71. The van der Waals surface area contributed by atoms with Crippen molar-refractivity contribution in [2.45, 2.75) is 20.8 Å². The number of nitrogens with one attached hydrogen (secondary N) is 1. The van der Waals surface area contributed by atoms with Gasteiger partial charge in [0.1, 0.15) is 11.5 Å². The fraction of sp³-hybridized carbons (Fsp3) is 0.375. The van der Waals surface area contributed by atoms with Gasteiger partial charge in [-0.1, -0.05) is 0 Å². The van der Waals surface area contributed by atoms with Gasteiger partial charge in [0.2, 0.25) is 5.91 Å². The second-order valence-corrected chi connectivity index (χ2v) is 4.61. The van der Waals surface area contributed by atoms with Crippen molar-refractivity contribution in [2.75, 3.05) is 18.5 Å². The van der Waals surface area contributed by atoms with Crippen LogP contribution in [0.2, 0.25) is 0 Å². The summed E-state index contributed by atoms with van der Waals surface area (Å²) in [5.41, 5.74) is 0.194. The molecule has 1 aromatic rings. The SMILES string of the molecule is CCOC(=O)C(C=Nc1cc(NC(C)=O)ccc1F)C(=O)OCC. The number of carbonyl (C=O) groups is 3. The van der Waals surface area contributed by atoms with Gasteiger partial charge in [-0.25, -0.2) is 4.39 Å². The Morgan fingerprint density at radius 2 is 1.79 bits per heavy atom. The lowest BCUT2D eigenvalue weighted by atomic mass is 10.1. The number of benzene rings is 1. The molecule has 1 rings (SSSR count). The Kier molecular flexibility index (Phi) is 7.54. The Morgan fingerprint density at radius 3 is 2.29 bits per heavy atom. The van der Waals surface area contributed by atoms with Crippen LogP contribution in [0, 0.1) is 11.7 Å². The summed E-state index contributed by atoms with van der Waals surface area (Å²) in [6.07, 6.45) is 0.964. The van der Waals surface area contributed by atoms with E-state index in [9.17, 15) is 18.8 Å². The van der Waals surface area contributed by atoms with Crippen molar-refractivity contribution in [1.82, 2.24) is 0 Å². The molecule has 7 nitrogen and oxygen atoms in total. The van der Waals surface area contributed by atoms with Gasteiger partial charge in [0.05, 0.1) is 13.2 Å². The first-order valence-corrected chi connectivity index (χ1v) is 7.33. The third-order valence-corrected chi connectivity index (χ3v) is 2.71. The minimum absolute atomic E-state index is 0.0783. The zero-order chi connectivity index (χ0) is 18.1. The number of halogens is 1. The quantitative estimate of drug-likeness (QED) is 0.467. The maximum atomic E-state index is 13.8. The van der Waals surface area contributed by atoms with E-state index >= 15 is 0 Å². The highest BCUT2D eigenvalue weighted by atomic mass is 19.1. The lowest BCUT2D eigenvalue weighted by molar-refractivity contribution is -0.157. The second-order valence-electron chi connectivity index (χ2n) is 4.61. The van der Waals surface area contributed by atoms with E-state index in [4.69, 9.17) is 9.47 Å². The van der Waals surface area contributed by atoms with Crippen LogP contribution in [0.5, 0.6) is 0 Å². The fourth-order valence-corrected chi connectivity index (χ4v) is 1.73. The number of nitrogens with zero attached hydrogens (tertiary/aromatic N) is 1. The van der Waals surface area contributed by atoms with E-state index in [-0.39, 0.29) is 24.8 Å². The molecule has 24 heavy (non-hydrogen) atoms. The molecule has 0 aliphatic carbocycles. The molecule has 0 bridgehead atoms. The van der Waals surface area contributed by atoms with E-state index in [0.717, 1.165) is 12.3 Å². The van der Waals surface area contributed by atoms with Gasteiger partial charge in [-0.15, -0.1) is 0 Å². The van der Waals surface area contributed by atoms with Crippen molar-refractivity contribution in [3.05, 3.63) is 24.0 Å². The Balaban J connectivity index is 3.05. The van der Waals surface area contributed by atoms with Crippen molar-refractivity contribution in [2.24, 2.45) is 10.9 Å². The van der Waals surface area contributed by atoms with Crippen LogP contribution in [-0.2, 0) is 23.9 Å². The third kappa shape index (κ3) is 5.79. The molecule has 0 aliphatic heterocycles. The van der Waals surface area contributed by atoms with Crippen LogP contribution in [0.25, 0.3) is 0 Å². The van der Waals surface area contributed by atoms with Gasteiger partial charge in [0, 0.05) is 18.8 Å². The summed E-state index contributed by atoms with van der Waals surface area (Å²) in [7, 11) is 0. The molecule has 0 spiro atoms. The van der Waals surface area contributed by atoms with Crippen LogP contribution in [0.4, 0.5) is 15.8 Å². The van der Waals surface area contributed by atoms with Crippen LogP contribution in [-0.4, -0.2) is 37.3 Å². The van der Waals surface area contributed by atoms with Gasteiger partial charge < -0.3 is 14.8 Å². The van der Waals surface area contributed by atoms with Gasteiger partial charge in [-0.05, 0) is 32.0 Å². The summed E-state index contributed by atoms with van der Waals surface area (Å²) in [5, 5.41) is 2.48. The Morgan fingerprint density at radius 1 is 1.21 bits per heavy atom. The Hall–Kier alpha value is -2.77. The Bertz CT molecular complexity index is 627. The fourth-order valence-electron chi connectivity index (χ4n) is 1.73. The number of rotatable bonds is 7. The standard InChI is InChI=1S/C16H19FN2O5/c1-4-23-15(21)12(16(22)24-5-2)9-18-14-8-11(19-10(3)20)6-7-13(14)17/h6-9,12H,4-5H2,1-3H3,(H,19,20). The normalized spacial score (nSPS) is 10.7. The molecule has 0 saturated heterocycles. The number of aliphatic imine (C=N–C) groups is 1. The Labute approximate surface area is 138 Å². The highest BCUT2D eigenvalue weighted by Gasteiger charge is 2.27. The summed E-state index contributed by atoms with van der Waals surface area (Å²) >= 11 is 0. The molecule has 1 amide bonds. The monoisotopic (exact) mass is 338 g/mol. The molecular weight excluding hydrogens is 319 g/mol. The summed E-state index contributed by atoms with van der Waals surface area (Å²) in [6, 6.07) is 3.76. The molecule has 0 fully saturated rings. The van der Waals surface area contributed by atoms with Crippen molar-refractivity contribution in [1.29, 1.82) is 0 Å².